The van der Waals surface area contributed by atoms with Crippen LogP contribution in [0.5, 0.6) is 23.0 Å². The second-order valence-corrected chi connectivity index (χ2v) is 16.4. The summed E-state index contributed by atoms with van der Waals surface area (Å²) in [5.74, 6) is 2.84. The van der Waals surface area contributed by atoms with Crippen LogP contribution in [-0.2, 0) is 5.41 Å². The first-order chi connectivity index (χ1) is 30.7. The Balaban J connectivity index is 0.934. The molecule has 2 aliphatic carbocycles. The van der Waals surface area contributed by atoms with E-state index in [1.807, 2.05) is 0 Å². The molecule has 0 saturated carbocycles. The van der Waals surface area contributed by atoms with E-state index in [0.29, 0.717) is 17.2 Å². The molecule has 0 saturated heterocycles. The average molecular weight is 792 g/mol. The van der Waals surface area contributed by atoms with Gasteiger partial charge in [0.1, 0.15) is 0 Å². The smallest absolute Gasteiger partial charge is 0.175 e. The summed E-state index contributed by atoms with van der Waals surface area (Å²) in [6.07, 6.45) is 0. The molecule has 3 heteroatoms. The molecule has 62 heavy (non-hydrogen) atoms. The molecule has 1 heterocycles. The van der Waals surface area contributed by atoms with E-state index in [2.05, 4.69) is 229 Å². The van der Waals surface area contributed by atoms with Gasteiger partial charge in [-0.25, -0.2) is 0 Å². The molecule has 10 aromatic rings. The van der Waals surface area contributed by atoms with Crippen molar-refractivity contribution in [2.45, 2.75) is 5.41 Å². The first-order valence-electron chi connectivity index (χ1n) is 21.2. The van der Waals surface area contributed by atoms with Crippen molar-refractivity contribution in [3.05, 3.63) is 247 Å². The monoisotopic (exact) mass is 791 g/mol. The standard InChI is InChI=1S/C59H37NO2/c1-2-15-39(16-3-1)45-18-6-7-19-46(45)40-27-29-42(30-28-40)60(43-31-26-38-14-4-5-17-41(38)36-43)44-32-34-54-56(37-44)61-55-35-33-50-49-22-10-13-25-53(49)59(57(50)58(55)62-54)51-23-11-8-20-47(51)48-21-9-12-24-52(48)59/h1-37H. The van der Waals surface area contributed by atoms with Crippen LogP contribution >= 0.6 is 0 Å². The van der Waals surface area contributed by atoms with E-state index in [1.54, 1.807) is 0 Å². The Kier molecular flexibility index (Phi) is 7.52. The van der Waals surface area contributed by atoms with E-state index in [-0.39, 0.29) is 0 Å². The van der Waals surface area contributed by atoms with Crippen molar-refractivity contribution in [2.75, 3.05) is 4.90 Å². The maximum absolute atomic E-state index is 7.14. The van der Waals surface area contributed by atoms with Crippen molar-refractivity contribution in [2.24, 2.45) is 0 Å². The van der Waals surface area contributed by atoms with Crippen molar-refractivity contribution in [3.8, 4) is 67.5 Å². The van der Waals surface area contributed by atoms with Gasteiger partial charge in [0, 0.05) is 23.0 Å². The van der Waals surface area contributed by atoms with Crippen molar-refractivity contribution >= 4 is 27.8 Å². The second-order valence-electron chi connectivity index (χ2n) is 16.4. The molecule has 290 valence electrons. The van der Waals surface area contributed by atoms with Gasteiger partial charge in [0.2, 0.25) is 0 Å². The zero-order chi connectivity index (χ0) is 40.8. The molecule has 0 amide bonds. The lowest BCUT2D eigenvalue weighted by molar-refractivity contribution is 0.355. The SMILES string of the molecule is c1ccc(-c2ccccc2-c2ccc(N(c3ccc4c(c3)Oc3ccc5c(c3O4)C3(c4ccccc4-c4ccccc43)c3ccccc3-5)c3ccc4ccccc4c3)cc2)cc1. The van der Waals surface area contributed by atoms with E-state index in [1.165, 1.54) is 66.4 Å². The predicted molar refractivity (Wildman–Crippen MR) is 252 cm³/mol. The van der Waals surface area contributed by atoms with Gasteiger partial charge < -0.3 is 14.4 Å². The van der Waals surface area contributed by atoms with Crippen LogP contribution in [0.15, 0.2) is 224 Å². The van der Waals surface area contributed by atoms with Crippen LogP contribution < -0.4 is 14.4 Å². The van der Waals surface area contributed by atoms with Crippen molar-refractivity contribution in [1.29, 1.82) is 0 Å². The number of fused-ring (bicyclic) bond motifs is 14. The van der Waals surface area contributed by atoms with Gasteiger partial charge in [-0.1, -0.05) is 176 Å². The summed E-state index contributed by atoms with van der Waals surface area (Å²) >= 11 is 0. The number of benzene rings is 10. The van der Waals surface area contributed by atoms with Crippen LogP contribution in [0.25, 0.3) is 55.3 Å². The molecule has 3 nitrogen and oxygen atoms in total. The van der Waals surface area contributed by atoms with Gasteiger partial charge >= 0.3 is 0 Å². The van der Waals surface area contributed by atoms with Crippen LogP contribution in [0.4, 0.5) is 17.1 Å². The van der Waals surface area contributed by atoms with Gasteiger partial charge in [-0.3, -0.25) is 0 Å². The third kappa shape index (κ3) is 5.00. The molecule has 0 unspecified atom stereocenters. The Labute approximate surface area is 360 Å². The summed E-state index contributed by atoms with van der Waals surface area (Å²) in [6.45, 7) is 0. The molecule has 0 fully saturated rings. The highest BCUT2D eigenvalue weighted by Gasteiger charge is 2.54. The molecule has 1 aliphatic heterocycles. The number of hydrogen-bond donors (Lipinski definition) is 0. The van der Waals surface area contributed by atoms with Gasteiger partial charge in [-0.15, -0.1) is 0 Å². The van der Waals surface area contributed by atoms with E-state index in [9.17, 15) is 0 Å². The third-order valence-corrected chi connectivity index (χ3v) is 13.1. The Morgan fingerprint density at radius 2 is 0.806 bits per heavy atom. The number of ether oxygens (including phenoxy) is 2. The Morgan fingerprint density at radius 3 is 1.48 bits per heavy atom. The molecule has 3 aliphatic rings. The van der Waals surface area contributed by atoms with E-state index >= 15 is 0 Å². The quantitative estimate of drug-likeness (QED) is 0.173. The van der Waals surface area contributed by atoms with Gasteiger partial charge in [0.05, 0.1) is 11.1 Å². The maximum atomic E-state index is 7.14. The van der Waals surface area contributed by atoms with E-state index in [0.717, 1.165) is 33.9 Å². The normalized spacial score (nSPS) is 13.2. The topological polar surface area (TPSA) is 21.7 Å². The molecular formula is C59H37NO2. The summed E-state index contributed by atoms with van der Waals surface area (Å²) in [7, 11) is 0. The van der Waals surface area contributed by atoms with Gasteiger partial charge in [0.25, 0.3) is 0 Å². The van der Waals surface area contributed by atoms with Crippen LogP contribution in [0.3, 0.4) is 0 Å². The lowest BCUT2D eigenvalue weighted by Crippen LogP contribution is -2.26. The predicted octanol–water partition coefficient (Wildman–Crippen LogP) is 15.9. The second kappa shape index (κ2) is 13.4. The highest BCUT2D eigenvalue weighted by Crippen LogP contribution is 2.67. The molecule has 0 aromatic heterocycles. The summed E-state index contributed by atoms with van der Waals surface area (Å²) in [4.78, 5) is 2.30. The van der Waals surface area contributed by atoms with E-state index < -0.39 is 5.41 Å². The molecule has 13 rings (SSSR count). The first-order valence-corrected chi connectivity index (χ1v) is 21.2. The fraction of sp³-hybridized carbons (Fsp3) is 0.0169. The fourth-order valence-corrected chi connectivity index (χ4v) is 10.5. The van der Waals surface area contributed by atoms with Gasteiger partial charge in [-0.05, 0) is 114 Å². The largest absolute Gasteiger partial charge is 0.449 e. The summed E-state index contributed by atoms with van der Waals surface area (Å²) in [5.41, 5.74) is 17.1. The summed E-state index contributed by atoms with van der Waals surface area (Å²) < 4.78 is 14.1. The highest BCUT2D eigenvalue weighted by atomic mass is 16.6. The first kappa shape index (κ1) is 34.7. The molecule has 0 bridgehead atoms. The minimum atomic E-state index is -0.550. The Morgan fingerprint density at radius 1 is 0.306 bits per heavy atom. The lowest BCUT2D eigenvalue weighted by Gasteiger charge is -2.33. The van der Waals surface area contributed by atoms with Crippen LogP contribution in [0.2, 0.25) is 0 Å². The van der Waals surface area contributed by atoms with Crippen LogP contribution in [0, 0.1) is 0 Å². The highest BCUT2D eigenvalue weighted by molar-refractivity contribution is 5.97. The molecule has 0 N–H and O–H groups in total. The minimum Gasteiger partial charge on any atom is -0.449 e. The minimum absolute atomic E-state index is 0.550. The molecular weight excluding hydrogens is 755 g/mol. The average Bonchev–Trinajstić information content (AvgIpc) is 3.81. The number of hydrogen-bond acceptors (Lipinski definition) is 3. The number of anilines is 3. The number of rotatable bonds is 5. The van der Waals surface area contributed by atoms with E-state index in [4.69, 9.17) is 9.47 Å². The Hall–Kier alpha value is -8.14. The molecule has 0 radical (unpaired) electrons. The van der Waals surface area contributed by atoms with Gasteiger partial charge in [0.15, 0.2) is 23.0 Å². The van der Waals surface area contributed by atoms with Crippen molar-refractivity contribution in [1.82, 2.24) is 0 Å². The maximum Gasteiger partial charge on any atom is 0.175 e. The number of nitrogens with zero attached hydrogens (tertiary/aromatic N) is 1. The van der Waals surface area contributed by atoms with Crippen LogP contribution in [-0.4, -0.2) is 0 Å². The zero-order valence-corrected chi connectivity index (χ0v) is 33.6. The summed E-state index contributed by atoms with van der Waals surface area (Å²) in [6, 6.07) is 80.5. The van der Waals surface area contributed by atoms with Gasteiger partial charge in [-0.2, -0.15) is 0 Å². The lowest BCUT2D eigenvalue weighted by atomic mass is 9.70. The fourth-order valence-electron chi connectivity index (χ4n) is 10.5. The zero-order valence-electron chi connectivity index (χ0n) is 33.6. The summed E-state index contributed by atoms with van der Waals surface area (Å²) in [5, 5.41) is 2.37. The van der Waals surface area contributed by atoms with Crippen molar-refractivity contribution < 1.29 is 9.47 Å². The molecule has 1 spiro atoms. The van der Waals surface area contributed by atoms with Crippen molar-refractivity contribution in [3.63, 3.8) is 0 Å². The molecule has 10 aromatic carbocycles. The van der Waals surface area contributed by atoms with Crippen LogP contribution in [0.1, 0.15) is 22.3 Å². The Bertz CT molecular complexity index is 3360. The third-order valence-electron chi connectivity index (χ3n) is 13.1. The molecule has 0 atom stereocenters.